The molecule has 3 aromatic rings. The van der Waals surface area contributed by atoms with Gasteiger partial charge in [-0.2, -0.15) is 0 Å². The first-order valence-electron chi connectivity index (χ1n) is 18.0. The van der Waals surface area contributed by atoms with Crippen LogP contribution in [0.25, 0.3) is 0 Å². The standard InChI is InChI=1S/C41H56N2O5/c1-5-40(23-13-14-24-40)42(25-27-44)38(47)36-18-12-11-15-32(36)21-22-35(46)30-33-20-19-31(4)29-37(33)39(48)43(26-28-45)41(6-2,7-3)34-16-9-8-10-17-34/h8-12,15-20,29,35,44-46H,5-7,13-14,21-28,30H2,1-4H3. The maximum absolute atomic E-state index is 14.5. The molecule has 0 aromatic heterocycles. The molecule has 0 heterocycles. The number of amides is 2. The number of nitrogens with zero attached hydrogens (tertiary/aromatic N) is 2. The summed E-state index contributed by atoms with van der Waals surface area (Å²) >= 11 is 0. The Kier molecular flexibility index (Phi) is 13.4. The summed E-state index contributed by atoms with van der Waals surface area (Å²) in [6, 6.07) is 23.4. The number of rotatable bonds is 17. The third kappa shape index (κ3) is 8.02. The lowest BCUT2D eigenvalue weighted by atomic mass is 9.82. The van der Waals surface area contributed by atoms with Crippen LogP contribution in [0.15, 0.2) is 72.8 Å². The molecule has 1 aliphatic rings. The molecule has 0 spiro atoms. The van der Waals surface area contributed by atoms with Crippen molar-refractivity contribution in [2.24, 2.45) is 0 Å². The van der Waals surface area contributed by atoms with Crippen molar-refractivity contribution in [1.29, 1.82) is 0 Å². The fourth-order valence-corrected chi connectivity index (χ4v) is 8.04. The molecular formula is C41H56N2O5. The molecule has 0 aliphatic heterocycles. The van der Waals surface area contributed by atoms with E-state index in [1.165, 1.54) is 0 Å². The summed E-state index contributed by atoms with van der Waals surface area (Å²) in [4.78, 5) is 32.2. The lowest BCUT2D eigenvalue weighted by Gasteiger charge is -2.44. The van der Waals surface area contributed by atoms with Gasteiger partial charge in [0.25, 0.3) is 11.8 Å². The van der Waals surface area contributed by atoms with Gasteiger partial charge in [0.15, 0.2) is 0 Å². The van der Waals surface area contributed by atoms with E-state index in [-0.39, 0.29) is 43.5 Å². The van der Waals surface area contributed by atoms with Crippen LogP contribution in [-0.4, -0.2) is 74.9 Å². The molecule has 3 N–H and O–H groups in total. The fraction of sp³-hybridized carbons (Fsp3) is 0.512. The van der Waals surface area contributed by atoms with E-state index in [2.05, 4.69) is 20.8 Å². The molecule has 1 fully saturated rings. The van der Waals surface area contributed by atoms with Gasteiger partial charge in [0.2, 0.25) is 0 Å². The van der Waals surface area contributed by atoms with Gasteiger partial charge >= 0.3 is 0 Å². The summed E-state index contributed by atoms with van der Waals surface area (Å²) in [5.41, 5.74) is 3.98. The average Bonchev–Trinajstić information content (AvgIpc) is 3.61. The van der Waals surface area contributed by atoms with Gasteiger partial charge in [-0.15, -0.1) is 0 Å². The first kappa shape index (κ1) is 37.3. The van der Waals surface area contributed by atoms with Crippen molar-refractivity contribution < 1.29 is 24.9 Å². The third-order valence-corrected chi connectivity index (χ3v) is 10.8. The van der Waals surface area contributed by atoms with Crippen LogP contribution in [0.3, 0.4) is 0 Å². The van der Waals surface area contributed by atoms with Crippen LogP contribution in [0.4, 0.5) is 0 Å². The number of benzene rings is 3. The van der Waals surface area contributed by atoms with Crippen molar-refractivity contribution >= 4 is 11.8 Å². The topological polar surface area (TPSA) is 101 Å². The number of carbonyl (C=O) groups excluding carboxylic acids is 2. The average molecular weight is 657 g/mol. The van der Waals surface area contributed by atoms with E-state index in [0.29, 0.717) is 43.4 Å². The summed E-state index contributed by atoms with van der Waals surface area (Å²) in [5.74, 6) is -0.207. The van der Waals surface area contributed by atoms with Crippen molar-refractivity contribution in [3.63, 3.8) is 0 Å². The molecule has 48 heavy (non-hydrogen) atoms. The van der Waals surface area contributed by atoms with Crippen molar-refractivity contribution in [3.05, 3.63) is 106 Å². The summed E-state index contributed by atoms with van der Waals surface area (Å²) < 4.78 is 0. The third-order valence-electron chi connectivity index (χ3n) is 10.8. The molecule has 7 nitrogen and oxygen atoms in total. The lowest BCUT2D eigenvalue weighted by Crippen LogP contribution is -2.51. The minimum absolute atomic E-state index is 0.0537. The highest BCUT2D eigenvalue weighted by Gasteiger charge is 2.41. The van der Waals surface area contributed by atoms with Gasteiger partial charge in [-0.1, -0.05) is 99.8 Å². The number of hydrogen-bond acceptors (Lipinski definition) is 5. The Balaban J connectivity index is 1.57. The molecule has 2 amide bonds. The molecular weight excluding hydrogens is 600 g/mol. The maximum Gasteiger partial charge on any atom is 0.254 e. The summed E-state index contributed by atoms with van der Waals surface area (Å²) in [6.45, 7) is 8.52. The smallest absolute Gasteiger partial charge is 0.254 e. The van der Waals surface area contributed by atoms with E-state index in [1.807, 2.05) is 89.5 Å². The van der Waals surface area contributed by atoms with Gasteiger partial charge < -0.3 is 25.1 Å². The Morgan fingerprint density at radius 3 is 2.08 bits per heavy atom. The second-order valence-electron chi connectivity index (χ2n) is 13.5. The number of β-amino-alcohol motifs (C(OH)–C–C–N with tert-alkyl or cyclic N) is 1. The maximum atomic E-state index is 14.5. The van der Waals surface area contributed by atoms with Crippen molar-refractivity contribution in [3.8, 4) is 0 Å². The van der Waals surface area contributed by atoms with Gasteiger partial charge in [0.1, 0.15) is 0 Å². The van der Waals surface area contributed by atoms with Gasteiger partial charge in [-0.3, -0.25) is 9.59 Å². The summed E-state index contributed by atoms with van der Waals surface area (Å²) in [6.07, 6.45) is 6.78. The molecule has 7 heteroatoms. The van der Waals surface area contributed by atoms with Gasteiger partial charge in [0.05, 0.1) is 24.9 Å². The highest BCUT2D eigenvalue weighted by Crippen LogP contribution is 2.39. The van der Waals surface area contributed by atoms with Crippen molar-refractivity contribution in [1.82, 2.24) is 9.80 Å². The summed E-state index contributed by atoms with van der Waals surface area (Å²) in [7, 11) is 0. The van der Waals surface area contributed by atoms with E-state index in [9.17, 15) is 24.9 Å². The van der Waals surface area contributed by atoms with E-state index in [1.54, 1.807) is 0 Å². The Hall–Kier alpha value is -3.52. The number of aryl methyl sites for hydroxylation is 2. The lowest BCUT2D eigenvalue weighted by molar-refractivity contribution is 0.0350. The fourth-order valence-electron chi connectivity index (χ4n) is 8.04. The predicted octanol–water partition coefficient (Wildman–Crippen LogP) is 6.84. The second-order valence-corrected chi connectivity index (χ2v) is 13.5. The largest absolute Gasteiger partial charge is 0.395 e. The molecule has 0 saturated heterocycles. The molecule has 4 rings (SSSR count). The SMILES string of the molecule is CCC1(N(CCO)C(=O)c2ccccc2CCC(O)Cc2ccc(C)cc2C(=O)N(CCO)C(CC)(CC)c2ccccc2)CCCC1. The van der Waals surface area contributed by atoms with Crippen molar-refractivity contribution in [2.45, 2.75) is 109 Å². The first-order chi connectivity index (χ1) is 23.2. The number of carbonyl (C=O) groups is 2. The zero-order valence-corrected chi connectivity index (χ0v) is 29.5. The quantitative estimate of drug-likeness (QED) is 0.148. The van der Waals surface area contributed by atoms with Crippen molar-refractivity contribution in [2.75, 3.05) is 26.3 Å². The van der Waals surface area contributed by atoms with E-state index >= 15 is 0 Å². The predicted molar refractivity (Wildman–Crippen MR) is 192 cm³/mol. The Morgan fingerprint density at radius 1 is 0.812 bits per heavy atom. The van der Waals surface area contributed by atoms with E-state index < -0.39 is 11.6 Å². The van der Waals surface area contributed by atoms with Gasteiger partial charge in [-0.05, 0) is 87.1 Å². The number of aliphatic hydroxyl groups is 3. The zero-order valence-electron chi connectivity index (χ0n) is 29.5. The molecule has 1 aliphatic carbocycles. The van der Waals surface area contributed by atoms with Crippen LogP contribution in [-0.2, 0) is 18.4 Å². The van der Waals surface area contributed by atoms with E-state index in [4.69, 9.17) is 0 Å². The first-order valence-corrected chi connectivity index (χ1v) is 18.0. The van der Waals surface area contributed by atoms with Gasteiger partial charge in [-0.25, -0.2) is 0 Å². The molecule has 0 bridgehead atoms. The number of aliphatic hydroxyl groups excluding tert-OH is 3. The Labute approximate surface area is 287 Å². The Morgan fingerprint density at radius 2 is 1.46 bits per heavy atom. The highest BCUT2D eigenvalue weighted by molar-refractivity contribution is 5.97. The second kappa shape index (κ2) is 17.2. The summed E-state index contributed by atoms with van der Waals surface area (Å²) in [5, 5.41) is 31.4. The minimum atomic E-state index is -0.740. The molecule has 3 aromatic carbocycles. The van der Waals surface area contributed by atoms with Crippen LogP contribution >= 0.6 is 0 Å². The molecule has 1 atom stereocenters. The van der Waals surface area contributed by atoms with Crippen LogP contribution < -0.4 is 0 Å². The van der Waals surface area contributed by atoms with Crippen LogP contribution in [0.5, 0.6) is 0 Å². The molecule has 1 unspecified atom stereocenters. The van der Waals surface area contributed by atoms with Crippen LogP contribution in [0.2, 0.25) is 0 Å². The molecule has 260 valence electrons. The minimum Gasteiger partial charge on any atom is -0.395 e. The molecule has 1 saturated carbocycles. The highest BCUT2D eigenvalue weighted by atomic mass is 16.3. The number of hydrogen-bond donors (Lipinski definition) is 3. The normalized spacial score (nSPS) is 14.9. The monoisotopic (exact) mass is 656 g/mol. The zero-order chi connectivity index (χ0) is 34.7. The molecule has 0 radical (unpaired) electrons. The van der Waals surface area contributed by atoms with Gasteiger partial charge in [0, 0.05) is 29.8 Å². The van der Waals surface area contributed by atoms with E-state index in [0.717, 1.165) is 54.4 Å². The van der Waals surface area contributed by atoms with Crippen LogP contribution in [0, 0.1) is 6.92 Å². The van der Waals surface area contributed by atoms with Crippen LogP contribution in [0.1, 0.15) is 115 Å². The Bertz CT molecular complexity index is 1480.